The topological polar surface area (TPSA) is 105 Å². The summed E-state index contributed by atoms with van der Waals surface area (Å²) >= 11 is 0. The number of H-pyrrole nitrogens is 1. The molecule has 1 aliphatic heterocycles. The van der Waals surface area contributed by atoms with Gasteiger partial charge in [-0.2, -0.15) is 0 Å². The van der Waals surface area contributed by atoms with Crippen LogP contribution in [-0.2, 0) is 9.59 Å². The van der Waals surface area contributed by atoms with Gasteiger partial charge in [-0.25, -0.2) is 0 Å². The Morgan fingerprint density at radius 3 is 2.63 bits per heavy atom. The number of fused-ring (bicyclic) bond motifs is 1. The summed E-state index contributed by atoms with van der Waals surface area (Å²) in [6.07, 6.45) is 2.63. The highest BCUT2D eigenvalue weighted by atomic mass is 16.6. The maximum atomic E-state index is 11.6. The lowest BCUT2D eigenvalue weighted by atomic mass is 10.0. The number of non-ortho nitro benzene ring substituents is 1. The Labute approximate surface area is 106 Å². The molecule has 2 amide bonds. The number of nitrogens with zero attached hydrogens (tertiary/aromatic N) is 1. The highest BCUT2D eigenvalue weighted by molar-refractivity contribution is 6.35. The molecule has 0 atom stereocenters. The molecular formula is C12H7N3O4. The van der Waals surface area contributed by atoms with Crippen LogP contribution in [0.2, 0.25) is 0 Å². The molecule has 0 aliphatic carbocycles. The van der Waals surface area contributed by atoms with E-state index in [2.05, 4.69) is 10.3 Å². The number of imide groups is 1. The van der Waals surface area contributed by atoms with Crippen LogP contribution in [0.25, 0.3) is 16.5 Å². The van der Waals surface area contributed by atoms with Crippen LogP contribution in [0.15, 0.2) is 30.5 Å². The predicted octanol–water partition coefficient (Wildman–Crippen LogP) is 1.12. The lowest BCUT2D eigenvalue weighted by Gasteiger charge is -1.99. The number of carbonyl (C=O) groups is 2. The van der Waals surface area contributed by atoms with Crippen LogP contribution < -0.4 is 5.32 Å². The highest BCUT2D eigenvalue weighted by Crippen LogP contribution is 2.33. The summed E-state index contributed by atoms with van der Waals surface area (Å²) in [5, 5.41) is 13.5. The van der Waals surface area contributed by atoms with Crippen molar-refractivity contribution in [2.24, 2.45) is 0 Å². The number of nitro groups is 1. The number of nitrogens with one attached hydrogen (secondary N) is 2. The highest BCUT2D eigenvalue weighted by Gasteiger charge is 2.27. The van der Waals surface area contributed by atoms with Crippen LogP contribution >= 0.6 is 0 Å². The van der Waals surface area contributed by atoms with Crippen LogP contribution in [0.5, 0.6) is 0 Å². The van der Waals surface area contributed by atoms with Crippen molar-refractivity contribution in [1.82, 2.24) is 10.3 Å². The van der Waals surface area contributed by atoms with Crippen LogP contribution in [0.3, 0.4) is 0 Å². The Kier molecular flexibility index (Phi) is 2.21. The number of aromatic amines is 1. The Balaban J connectivity index is 2.31. The summed E-state index contributed by atoms with van der Waals surface area (Å²) in [5.41, 5.74) is 0.912. The molecule has 0 radical (unpaired) electrons. The molecule has 1 aliphatic rings. The van der Waals surface area contributed by atoms with Crippen LogP contribution in [-0.4, -0.2) is 21.7 Å². The van der Waals surface area contributed by atoms with Crippen molar-refractivity contribution < 1.29 is 14.5 Å². The van der Waals surface area contributed by atoms with E-state index in [0.717, 1.165) is 6.08 Å². The van der Waals surface area contributed by atoms with Crippen molar-refractivity contribution in [2.45, 2.75) is 0 Å². The number of nitro benzene ring substituents is 1. The third kappa shape index (κ3) is 1.60. The molecular weight excluding hydrogens is 250 g/mol. The number of hydrogen-bond acceptors (Lipinski definition) is 4. The predicted molar refractivity (Wildman–Crippen MR) is 66.1 cm³/mol. The summed E-state index contributed by atoms with van der Waals surface area (Å²) < 4.78 is 0. The van der Waals surface area contributed by atoms with E-state index in [0.29, 0.717) is 16.5 Å². The third-order valence-corrected chi connectivity index (χ3v) is 2.93. The van der Waals surface area contributed by atoms with Gasteiger partial charge in [-0.15, -0.1) is 0 Å². The SMILES string of the molecule is O=C1C=C(c2c[nH]c3cccc([N+](=O)[O-])c23)C(=O)N1. The van der Waals surface area contributed by atoms with Gasteiger partial charge in [0.05, 0.1) is 21.4 Å². The van der Waals surface area contributed by atoms with Crippen molar-refractivity contribution in [2.75, 3.05) is 0 Å². The molecule has 1 aromatic heterocycles. The summed E-state index contributed by atoms with van der Waals surface area (Å²) in [5.74, 6) is -1.07. The Morgan fingerprint density at radius 1 is 1.21 bits per heavy atom. The lowest BCUT2D eigenvalue weighted by Crippen LogP contribution is -2.21. The van der Waals surface area contributed by atoms with Crippen molar-refractivity contribution in [3.05, 3.63) is 46.1 Å². The smallest absolute Gasteiger partial charge is 0.279 e. The van der Waals surface area contributed by atoms with Gasteiger partial charge in [0.1, 0.15) is 0 Å². The number of rotatable bonds is 2. The van der Waals surface area contributed by atoms with Gasteiger partial charge in [0, 0.05) is 23.9 Å². The van der Waals surface area contributed by atoms with Gasteiger partial charge < -0.3 is 4.98 Å². The number of hydrogen-bond donors (Lipinski definition) is 2. The average Bonchev–Trinajstić information content (AvgIpc) is 2.91. The van der Waals surface area contributed by atoms with Crippen molar-refractivity contribution >= 4 is 34.0 Å². The first-order valence-electron chi connectivity index (χ1n) is 5.40. The van der Waals surface area contributed by atoms with Crippen LogP contribution in [0, 0.1) is 10.1 Å². The molecule has 1 aromatic carbocycles. The minimum absolute atomic E-state index is 0.109. The molecule has 19 heavy (non-hydrogen) atoms. The molecule has 2 aromatic rings. The second-order valence-corrected chi connectivity index (χ2v) is 4.04. The van der Waals surface area contributed by atoms with E-state index < -0.39 is 16.7 Å². The fourth-order valence-corrected chi connectivity index (χ4v) is 2.14. The summed E-state index contributed by atoms with van der Waals surface area (Å²) in [6.45, 7) is 0. The monoisotopic (exact) mass is 257 g/mol. The van der Waals surface area contributed by atoms with Crippen molar-refractivity contribution in [3.63, 3.8) is 0 Å². The molecule has 2 heterocycles. The lowest BCUT2D eigenvalue weighted by molar-refractivity contribution is -0.383. The molecule has 0 saturated carbocycles. The Bertz CT molecular complexity index is 772. The van der Waals surface area contributed by atoms with Crippen LogP contribution in [0.4, 0.5) is 5.69 Å². The van der Waals surface area contributed by atoms with Gasteiger partial charge in [0.25, 0.3) is 17.5 Å². The van der Waals surface area contributed by atoms with Crippen LogP contribution in [0.1, 0.15) is 5.56 Å². The first-order valence-corrected chi connectivity index (χ1v) is 5.40. The Hall–Kier alpha value is -2.96. The van der Waals surface area contributed by atoms with Gasteiger partial charge >= 0.3 is 0 Å². The molecule has 3 rings (SSSR count). The van der Waals surface area contributed by atoms with Crippen molar-refractivity contribution in [3.8, 4) is 0 Å². The molecule has 7 nitrogen and oxygen atoms in total. The summed E-state index contributed by atoms with van der Waals surface area (Å²) in [4.78, 5) is 36.2. The standard InChI is InChI=1S/C12H7N3O4/c16-10-4-6(12(17)14-10)7-5-13-8-2-1-3-9(11(7)8)15(18)19/h1-5,13H,(H,14,16,17). The number of amides is 2. The number of aromatic nitrogens is 1. The van der Waals surface area contributed by atoms with Gasteiger partial charge in [-0.1, -0.05) is 6.07 Å². The van der Waals surface area contributed by atoms with Gasteiger partial charge in [0.2, 0.25) is 0 Å². The molecule has 94 valence electrons. The summed E-state index contributed by atoms with van der Waals surface area (Å²) in [7, 11) is 0. The fourth-order valence-electron chi connectivity index (χ4n) is 2.14. The first kappa shape index (κ1) is 11.1. The second kappa shape index (κ2) is 3.77. The maximum Gasteiger partial charge on any atom is 0.279 e. The largest absolute Gasteiger partial charge is 0.360 e. The van der Waals surface area contributed by atoms with Gasteiger partial charge in [-0.3, -0.25) is 25.0 Å². The molecule has 2 N–H and O–H groups in total. The minimum atomic E-state index is -0.552. The molecule has 0 spiro atoms. The Morgan fingerprint density at radius 2 is 2.00 bits per heavy atom. The molecule has 0 saturated heterocycles. The van der Waals surface area contributed by atoms with E-state index in [-0.39, 0.29) is 11.3 Å². The van der Waals surface area contributed by atoms with Crippen molar-refractivity contribution in [1.29, 1.82) is 0 Å². The van der Waals surface area contributed by atoms with E-state index in [1.165, 1.54) is 12.3 Å². The van der Waals surface area contributed by atoms with Gasteiger partial charge in [0.15, 0.2) is 0 Å². The van der Waals surface area contributed by atoms with E-state index in [1.54, 1.807) is 12.1 Å². The van der Waals surface area contributed by atoms with E-state index >= 15 is 0 Å². The van der Waals surface area contributed by atoms with Gasteiger partial charge in [-0.05, 0) is 6.07 Å². The minimum Gasteiger partial charge on any atom is -0.360 e. The first-order chi connectivity index (χ1) is 9.08. The zero-order valence-electron chi connectivity index (χ0n) is 9.47. The van der Waals surface area contributed by atoms with E-state index in [1.807, 2.05) is 0 Å². The maximum absolute atomic E-state index is 11.6. The zero-order valence-corrected chi connectivity index (χ0v) is 9.47. The fraction of sp³-hybridized carbons (Fsp3) is 0. The second-order valence-electron chi connectivity index (χ2n) is 4.04. The normalized spacial score (nSPS) is 14.6. The molecule has 0 bridgehead atoms. The van der Waals surface area contributed by atoms with E-state index in [4.69, 9.17) is 0 Å². The number of carbonyl (C=O) groups excluding carboxylic acids is 2. The molecule has 0 fully saturated rings. The quantitative estimate of drug-likeness (QED) is 0.477. The number of benzene rings is 1. The zero-order chi connectivity index (χ0) is 13.6. The average molecular weight is 257 g/mol. The van der Waals surface area contributed by atoms with E-state index in [9.17, 15) is 19.7 Å². The third-order valence-electron chi connectivity index (χ3n) is 2.93. The molecule has 0 unspecified atom stereocenters. The summed E-state index contributed by atoms with van der Waals surface area (Å²) in [6, 6.07) is 4.57. The molecule has 7 heteroatoms.